The number of thiazole rings is 1. The fourth-order valence-electron chi connectivity index (χ4n) is 1.99. The van der Waals surface area contributed by atoms with Crippen molar-refractivity contribution in [1.29, 1.82) is 0 Å². The monoisotopic (exact) mass is 348 g/mol. The molecule has 0 aliphatic carbocycles. The van der Waals surface area contributed by atoms with E-state index in [2.05, 4.69) is 20.3 Å². The standard InChI is InChI=1S/C15H13ClN4O2S/c1-3-22-9-4-5-11-12(6-9)23-15(19-11)20-14(21)13-10(16)7-17-8(2)18-13/h4-7H,3H2,1-2H3,(H,19,20,21). The van der Waals surface area contributed by atoms with Crippen molar-refractivity contribution in [3.8, 4) is 5.75 Å². The van der Waals surface area contributed by atoms with E-state index in [0.717, 1.165) is 16.0 Å². The minimum Gasteiger partial charge on any atom is -0.494 e. The van der Waals surface area contributed by atoms with Crippen molar-refractivity contribution in [3.05, 3.63) is 40.9 Å². The van der Waals surface area contributed by atoms with Gasteiger partial charge in [-0.1, -0.05) is 22.9 Å². The van der Waals surface area contributed by atoms with Crippen LogP contribution in [0, 0.1) is 6.92 Å². The maximum absolute atomic E-state index is 12.3. The summed E-state index contributed by atoms with van der Waals surface area (Å²) in [5, 5.41) is 3.40. The van der Waals surface area contributed by atoms with Crippen molar-refractivity contribution >= 4 is 44.2 Å². The Morgan fingerprint density at radius 1 is 1.39 bits per heavy atom. The van der Waals surface area contributed by atoms with E-state index < -0.39 is 5.91 Å². The number of rotatable bonds is 4. The van der Waals surface area contributed by atoms with Crippen LogP contribution in [-0.2, 0) is 0 Å². The van der Waals surface area contributed by atoms with Crippen molar-refractivity contribution in [2.45, 2.75) is 13.8 Å². The van der Waals surface area contributed by atoms with Gasteiger partial charge >= 0.3 is 0 Å². The molecule has 0 saturated carbocycles. The van der Waals surface area contributed by atoms with Crippen LogP contribution in [-0.4, -0.2) is 27.5 Å². The Morgan fingerprint density at radius 3 is 3.00 bits per heavy atom. The van der Waals surface area contributed by atoms with E-state index in [1.165, 1.54) is 17.5 Å². The Bertz CT molecular complexity index is 881. The van der Waals surface area contributed by atoms with Gasteiger partial charge in [-0.05, 0) is 32.0 Å². The normalized spacial score (nSPS) is 10.7. The summed E-state index contributed by atoms with van der Waals surface area (Å²) in [6.45, 7) is 4.22. The smallest absolute Gasteiger partial charge is 0.277 e. The molecule has 0 aliphatic heterocycles. The first kappa shape index (κ1) is 15.6. The number of hydrogen-bond acceptors (Lipinski definition) is 6. The second-order valence-electron chi connectivity index (χ2n) is 4.65. The summed E-state index contributed by atoms with van der Waals surface area (Å²) in [6.07, 6.45) is 1.41. The molecular formula is C15H13ClN4O2S. The molecule has 3 aromatic rings. The average Bonchev–Trinajstić information content (AvgIpc) is 2.91. The number of halogens is 1. The quantitative estimate of drug-likeness (QED) is 0.777. The number of anilines is 1. The van der Waals surface area contributed by atoms with Gasteiger partial charge in [0.15, 0.2) is 10.8 Å². The van der Waals surface area contributed by atoms with E-state index in [1.807, 2.05) is 25.1 Å². The number of amides is 1. The Morgan fingerprint density at radius 2 is 2.22 bits per heavy atom. The first-order valence-corrected chi connectivity index (χ1v) is 8.10. The molecule has 8 heteroatoms. The van der Waals surface area contributed by atoms with Crippen LogP contribution >= 0.6 is 22.9 Å². The van der Waals surface area contributed by atoms with E-state index >= 15 is 0 Å². The van der Waals surface area contributed by atoms with Gasteiger partial charge in [0.1, 0.15) is 11.6 Å². The van der Waals surface area contributed by atoms with E-state index in [9.17, 15) is 4.79 Å². The lowest BCUT2D eigenvalue weighted by Crippen LogP contribution is -2.15. The lowest BCUT2D eigenvalue weighted by Gasteiger charge is -2.03. The summed E-state index contributed by atoms with van der Waals surface area (Å²) >= 11 is 7.33. The molecule has 0 atom stereocenters. The number of ether oxygens (including phenoxy) is 1. The zero-order valence-corrected chi connectivity index (χ0v) is 14.0. The average molecular weight is 349 g/mol. The first-order chi connectivity index (χ1) is 11.1. The predicted octanol–water partition coefficient (Wildman–Crippen LogP) is 3.70. The topological polar surface area (TPSA) is 77.0 Å². The lowest BCUT2D eigenvalue weighted by molar-refractivity contribution is 0.102. The number of fused-ring (bicyclic) bond motifs is 1. The Kier molecular flexibility index (Phi) is 4.40. The van der Waals surface area contributed by atoms with Gasteiger partial charge in [0, 0.05) is 0 Å². The minimum atomic E-state index is -0.412. The number of aryl methyl sites for hydroxylation is 1. The molecule has 2 aromatic heterocycles. The summed E-state index contributed by atoms with van der Waals surface area (Å²) < 4.78 is 6.39. The maximum atomic E-state index is 12.3. The predicted molar refractivity (Wildman–Crippen MR) is 90.5 cm³/mol. The van der Waals surface area contributed by atoms with Crippen LogP contribution < -0.4 is 10.1 Å². The maximum Gasteiger partial charge on any atom is 0.277 e. The van der Waals surface area contributed by atoms with E-state index in [1.54, 1.807) is 6.92 Å². The van der Waals surface area contributed by atoms with Crippen LogP contribution in [0.3, 0.4) is 0 Å². The molecule has 0 spiro atoms. The molecule has 0 radical (unpaired) electrons. The molecule has 2 heterocycles. The number of benzene rings is 1. The third kappa shape index (κ3) is 3.40. The van der Waals surface area contributed by atoms with E-state index in [-0.39, 0.29) is 10.7 Å². The van der Waals surface area contributed by atoms with Crippen molar-refractivity contribution in [1.82, 2.24) is 15.0 Å². The number of nitrogens with zero attached hydrogens (tertiary/aromatic N) is 3. The zero-order valence-electron chi connectivity index (χ0n) is 12.5. The summed E-state index contributed by atoms with van der Waals surface area (Å²) in [5.74, 6) is 0.839. The van der Waals surface area contributed by atoms with Crippen LogP contribution in [0.4, 0.5) is 5.13 Å². The molecule has 23 heavy (non-hydrogen) atoms. The zero-order chi connectivity index (χ0) is 16.4. The molecule has 118 valence electrons. The van der Waals surface area contributed by atoms with Crippen LogP contribution in [0.25, 0.3) is 10.2 Å². The number of carbonyl (C=O) groups is 1. The number of nitrogens with one attached hydrogen (secondary N) is 1. The highest BCUT2D eigenvalue weighted by Gasteiger charge is 2.15. The Balaban J connectivity index is 1.86. The summed E-state index contributed by atoms with van der Waals surface area (Å²) in [7, 11) is 0. The van der Waals surface area contributed by atoms with Gasteiger partial charge in [0.2, 0.25) is 0 Å². The highest BCUT2D eigenvalue weighted by molar-refractivity contribution is 7.22. The van der Waals surface area contributed by atoms with E-state index in [4.69, 9.17) is 16.3 Å². The van der Waals surface area contributed by atoms with Crippen molar-refractivity contribution in [2.75, 3.05) is 11.9 Å². The molecule has 0 bridgehead atoms. The van der Waals surface area contributed by atoms with Crippen LogP contribution in [0.5, 0.6) is 5.75 Å². The fraction of sp³-hybridized carbons (Fsp3) is 0.200. The third-order valence-electron chi connectivity index (χ3n) is 2.97. The summed E-state index contributed by atoms with van der Waals surface area (Å²) in [6, 6.07) is 5.60. The molecule has 0 unspecified atom stereocenters. The first-order valence-electron chi connectivity index (χ1n) is 6.90. The molecular weight excluding hydrogens is 336 g/mol. The molecule has 1 aromatic carbocycles. The summed E-state index contributed by atoms with van der Waals surface area (Å²) in [4.78, 5) is 24.7. The molecule has 3 rings (SSSR count). The highest BCUT2D eigenvalue weighted by atomic mass is 35.5. The lowest BCUT2D eigenvalue weighted by atomic mass is 10.3. The number of hydrogen-bond donors (Lipinski definition) is 1. The van der Waals surface area contributed by atoms with Gasteiger partial charge in [-0.3, -0.25) is 10.1 Å². The van der Waals surface area contributed by atoms with Crippen LogP contribution in [0.2, 0.25) is 5.02 Å². The van der Waals surface area contributed by atoms with Gasteiger partial charge in [-0.2, -0.15) is 0 Å². The molecule has 0 saturated heterocycles. The number of carbonyl (C=O) groups excluding carboxylic acids is 1. The van der Waals surface area contributed by atoms with Gasteiger partial charge in [0.05, 0.1) is 28.0 Å². The van der Waals surface area contributed by atoms with Crippen LogP contribution in [0.1, 0.15) is 23.2 Å². The second kappa shape index (κ2) is 6.47. The van der Waals surface area contributed by atoms with Crippen molar-refractivity contribution < 1.29 is 9.53 Å². The fourth-order valence-corrected chi connectivity index (χ4v) is 3.05. The van der Waals surface area contributed by atoms with E-state index in [0.29, 0.717) is 17.6 Å². The largest absolute Gasteiger partial charge is 0.494 e. The van der Waals surface area contributed by atoms with Crippen molar-refractivity contribution in [2.24, 2.45) is 0 Å². The Hall–Kier alpha value is -2.25. The second-order valence-corrected chi connectivity index (χ2v) is 6.09. The molecule has 1 amide bonds. The molecule has 0 fully saturated rings. The minimum absolute atomic E-state index is 0.133. The Labute approximate surface area is 141 Å². The van der Waals surface area contributed by atoms with Gasteiger partial charge in [-0.25, -0.2) is 15.0 Å². The SMILES string of the molecule is CCOc1ccc2nc(NC(=O)c3nc(C)ncc3Cl)sc2c1. The highest BCUT2D eigenvalue weighted by Crippen LogP contribution is 2.29. The van der Waals surface area contributed by atoms with Crippen molar-refractivity contribution in [3.63, 3.8) is 0 Å². The van der Waals surface area contributed by atoms with Gasteiger partial charge in [0.25, 0.3) is 5.91 Å². The third-order valence-corrected chi connectivity index (χ3v) is 4.18. The molecule has 0 aliphatic rings. The van der Waals surface area contributed by atoms with Crippen LogP contribution in [0.15, 0.2) is 24.4 Å². The van der Waals surface area contributed by atoms with Gasteiger partial charge < -0.3 is 4.74 Å². The number of aromatic nitrogens is 3. The summed E-state index contributed by atoms with van der Waals surface area (Å²) in [5.41, 5.74) is 0.923. The molecule has 6 nitrogen and oxygen atoms in total. The molecule has 1 N–H and O–H groups in total. The van der Waals surface area contributed by atoms with Gasteiger partial charge in [-0.15, -0.1) is 0 Å².